The van der Waals surface area contributed by atoms with Gasteiger partial charge in [0, 0.05) is 43.2 Å². The molecule has 1 aliphatic rings. The number of nitrogens with one attached hydrogen (secondary N) is 1. The second kappa shape index (κ2) is 6.85. The predicted molar refractivity (Wildman–Crippen MR) is 87.1 cm³/mol. The minimum Gasteiger partial charge on any atom is -0.369 e. The predicted octanol–water partition coefficient (Wildman–Crippen LogP) is 2.89. The van der Waals surface area contributed by atoms with Crippen LogP contribution in [0, 0.1) is 6.92 Å². The van der Waals surface area contributed by atoms with Crippen molar-refractivity contribution >= 4 is 23.0 Å². The topological polar surface area (TPSA) is 53.9 Å². The zero-order chi connectivity index (χ0) is 14.5. The highest BCUT2D eigenvalue weighted by molar-refractivity contribution is 7.11. The van der Waals surface area contributed by atoms with Gasteiger partial charge in [-0.1, -0.05) is 0 Å². The summed E-state index contributed by atoms with van der Waals surface area (Å²) in [7, 11) is 0. The third kappa shape index (κ3) is 3.91. The number of nitrogens with zero attached hydrogens (tertiary/aromatic N) is 4. The van der Waals surface area contributed by atoms with Crippen molar-refractivity contribution in [2.24, 2.45) is 0 Å². The lowest BCUT2D eigenvalue weighted by Crippen LogP contribution is -2.30. The van der Waals surface area contributed by atoms with E-state index in [2.05, 4.69) is 38.2 Å². The molecule has 6 heteroatoms. The molecule has 1 aliphatic heterocycles. The SMILES string of the molecule is Cc1cnc(CCNc2cc(N3CCCCC3)ncn2)s1. The fourth-order valence-electron chi connectivity index (χ4n) is 2.55. The molecular formula is C15H21N5S. The molecule has 2 aromatic rings. The normalized spacial score (nSPS) is 15.2. The Morgan fingerprint density at radius 2 is 2.05 bits per heavy atom. The Balaban J connectivity index is 1.55. The van der Waals surface area contributed by atoms with Crippen LogP contribution >= 0.6 is 11.3 Å². The third-order valence-corrected chi connectivity index (χ3v) is 4.62. The Hall–Kier alpha value is -1.69. The number of aromatic nitrogens is 3. The fourth-order valence-corrected chi connectivity index (χ4v) is 3.34. The highest BCUT2D eigenvalue weighted by atomic mass is 32.1. The summed E-state index contributed by atoms with van der Waals surface area (Å²) in [5, 5.41) is 4.54. The molecule has 2 aromatic heterocycles. The van der Waals surface area contributed by atoms with Gasteiger partial charge in [0.25, 0.3) is 0 Å². The van der Waals surface area contributed by atoms with Crippen LogP contribution in [-0.2, 0) is 6.42 Å². The minimum atomic E-state index is 0.851. The average molecular weight is 303 g/mol. The Morgan fingerprint density at radius 1 is 1.19 bits per heavy atom. The maximum absolute atomic E-state index is 4.40. The van der Waals surface area contributed by atoms with Gasteiger partial charge in [0.15, 0.2) is 0 Å². The van der Waals surface area contributed by atoms with Crippen molar-refractivity contribution in [2.45, 2.75) is 32.6 Å². The van der Waals surface area contributed by atoms with Gasteiger partial charge in [-0.25, -0.2) is 15.0 Å². The number of anilines is 2. The van der Waals surface area contributed by atoms with E-state index in [0.717, 1.165) is 37.7 Å². The van der Waals surface area contributed by atoms with Crippen molar-refractivity contribution in [3.05, 3.63) is 28.5 Å². The van der Waals surface area contributed by atoms with Crippen LogP contribution in [0.2, 0.25) is 0 Å². The van der Waals surface area contributed by atoms with Crippen molar-refractivity contribution in [2.75, 3.05) is 29.9 Å². The number of piperidine rings is 1. The van der Waals surface area contributed by atoms with E-state index in [4.69, 9.17) is 0 Å². The van der Waals surface area contributed by atoms with Crippen LogP contribution in [0.5, 0.6) is 0 Å². The molecule has 112 valence electrons. The largest absolute Gasteiger partial charge is 0.369 e. The molecule has 1 saturated heterocycles. The quantitative estimate of drug-likeness (QED) is 0.920. The van der Waals surface area contributed by atoms with Crippen LogP contribution in [0.1, 0.15) is 29.1 Å². The van der Waals surface area contributed by atoms with Crippen LogP contribution in [-0.4, -0.2) is 34.6 Å². The van der Waals surface area contributed by atoms with Crippen LogP contribution in [0.3, 0.4) is 0 Å². The molecule has 0 spiro atoms. The minimum absolute atomic E-state index is 0.851. The summed E-state index contributed by atoms with van der Waals surface area (Å²) in [6, 6.07) is 2.05. The van der Waals surface area contributed by atoms with Gasteiger partial charge >= 0.3 is 0 Å². The molecule has 0 bridgehead atoms. The number of aryl methyl sites for hydroxylation is 1. The molecule has 1 fully saturated rings. The molecule has 0 amide bonds. The van der Waals surface area contributed by atoms with E-state index in [0.29, 0.717) is 0 Å². The lowest BCUT2D eigenvalue weighted by molar-refractivity contribution is 0.573. The van der Waals surface area contributed by atoms with E-state index in [1.807, 2.05) is 6.20 Å². The molecule has 0 aliphatic carbocycles. The fraction of sp³-hybridized carbons (Fsp3) is 0.533. The van der Waals surface area contributed by atoms with Gasteiger partial charge in [-0.3, -0.25) is 0 Å². The molecular weight excluding hydrogens is 282 g/mol. The molecule has 1 N–H and O–H groups in total. The van der Waals surface area contributed by atoms with E-state index in [1.54, 1.807) is 17.7 Å². The van der Waals surface area contributed by atoms with E-state index in [1.165, 1.54) is 29.1 Å². The highest BCUT2D eigenvalue weighted by Crippen LogP contribution is 2.19. The third-order valence-electron chi connectivity index (χ3n) is 3.65. The first-order valence-corrected chi connectivity index (χ1v) is 8.35. The number of thiazole rings is 1. The molecule has 5 nitrogen and oxygen atoms in total. The zero-order valence-electron chi connectivity index (χ0n) is 12.4. The van der Waals surface area contributed by atoms with Gasteiger partial charge in [0.2, 0.25) is 0 Å². The maximum atomic E-state index is 4.40. The molecule has 3 rings (SSSR count). The van der Waals surface area contributed by atoms with Crippen LogP contribution in [0.4, 0.5) is 11.6 Å². The summed E-state index contributed by atoms with van der Waals surface area (Å²) < 4.78 is 0. The second-order valence-corrected chi connectivity index (χ2v) is 6.67. The Morgan fingerprint density at radius 3 is 2.81 bits per heavy atom. The van der Waals surface area contributed by atoms with E-state index in [9.17, 15) is 0 Å². The Labute approximate surface area is 129 Å². The molecule has 21 heavy (non-hydrogen) atoms. The Bertz CT molecular complexity index is 577. The van der Waals surface area contributed by atoms with Crippen molar-refractivity contribution in [3.8, 4) is 0 Å². The summed E-state index contributed by atoms with van der Waals surface area (Å²) in [5.41, 5.74) is 0. The number of hydrogen-bond donors (Lipinski definition) is 1. The summed E-state index contributed by atoms with van der Waals surface area (Å²) in [4.78, 5) is 16.7. The smallest absolute Gasteiger partial charge is 0.134 e. The summed E-state index contributed by atoms with van der Waals surface area (Å²) >= 11 is 1.76. The zero-order valence-corrected chi connectivity index (χ0v) is 13.2. The van der Waals surface area contributed by atoms with Gasteiger partial charge in [-0.05, 0) is 26.2 Å². The molecule has 0 aromatic carbocycles. The molecule has 0 unspecified atom stereocenters. The van der Waals surface area contributed by atoms with Crippen LogP contribution < -0.4 is 10.2 Å². The van der Waals surface area contributed by atoms with Gasteiger partial charge < -0.3 is 10.2 Å². The van der Waals surface area contributed by atoms with Crippen LogP contribution in [0.25, 0.3) is 0 Å². The maximum Gasteiger partial charge on any atom is 0.134 e. The van der Waals surface area contributed by atoms with Crippen molar-refractivity contribution in [3.63, 3.8) is 0 Å². The van der Waals surface area contributed by atoms with E-state index < -0.39 is 0 Å². The molecule has 3 heterocycles. The van der Waals surface area contributed by atoms with Gasteiger partial charge in [0.1, 0.15) is 18.0 Å². The highest BCUT2D eigenvalue weighted by Gasteiger charge is 2.12. The monoisotopic (exact) mass is 303 g/mol. The first kappa shape index (κ1) is 14.3. The van der Waals surface area contributed by atoms with Gasteiger partial charge in [-0.2, -0.15) is 0 Å². The van der Waals surface area contributed by atoms with Gasteiger partial charge in [0.05, 0.1) is 5.01 Å². The first-order chi connectivity index (χ1) is 10.3. The standard InChI is InChI=1S/C15H21N5S/c1-12-10-17-15(21-12)5-6-16-13-9-14(19-11-18-13)20-7-3-2-4-8-20/h9-11H,2-8H2,1H3,(H,16,18,19). The molecule has 0 radical (unpaired) electrons. The lowest BCUT2D eigenvalue weighted by atomic mass is 10.1. The van der Waals surface area contributed by atoms with Crippen molar-refractivity contribution in [1.29, 1.82) is 0 Å². The van der Waals surface area contributed by atoms with Crippen molar-refractivity contribution in [1.82, 2.24) is 15.0 Å². The summed E-state index contributed by atoms with van der Waals surface area (Å²) in [5.74, 6) is 1.94. The van der Waals surface area contributed by atoms with Crippen molar-refractivity contribution < 1.29 is 0 Å². The van der Waals surface area contributed by atoms with E-state index >= 15 is 0 Å². The van der Waals surface area contributed by atoms with Crippen LogP contribution in [0.15, 0.2) is 18.6 Å². The van der Waals surface area contributed by atoms with Gasteiger partial charge in [-0.15, -0.1) is 11.3 Å². The Kier molecular flexibility index (Phi) is 4.65. The first-order valence-electron chi connectivity index (χ1n) is 7.53. The number of rotatable bonds is 5. The number of hydrogen-bond acceptors (Lipinski definition) is 6. The molecule has 0 atom stereocenters. The average Bonchev–Trinajstić information content (AvgIpc) is 2.94. The lowest BCUT2D eigenvalue weighted by Gasteiger charge is -2.27. The summed E-state index contributed by atoms with van der Waals surface area (Å²) in [6.07, 6.45) is 8.37. The van der Waals surface area contributed by atoms with E-state index in [-0.39, 0.29) is 0 Å². The second-order valence-electron chi connectivity index (χ2n) is 5.35. The summed E-state index contributed by atoms with van der Waals surface area (Å²) in [6.45, 7) is 5.15. The molecule has 0 saturated carbocycles.